The minimum Gasteiger partial charge on any atom is -0.378 e. The number of hydrogen-bond donors (Lipinski definition) is 0. The first-order chi connectivity index (χ1) is 14.3. The highest BCUT2D eigenvalue weighted by molar-refractivity contribution is 8.05. The summed E-state index contributed by atoms with van der Waals surface area (Å²) in [5.74, 6) is -0.528. The lowest BCUT2D eigenvalue weighted by Crippen LogP contribution is -2.47. The van der Waals surface area contributed by atoms with Crippen LogP contribution in [0.4, 0.5) is 11.4 Å². The molecule has 0 N–H and O–H groups in total. The van der Waals surface area contributed by atoms with E-state index in [9.17, 15) is 16.8 Å². The number of nitrogens with zero attached hydrogens (tertiary/aromatic N) is 3. The fraction of sp³-hybridized carbons (Fsp3) is 0.550. The van der Waals surface area contributed by atoms with Gasteiger partial charge in [0.25, 0.3) is 20.0 Å². The van der Waals surface area contributed by atoms with Gasteiger partial charge in [0.2, 0.25) is 0 Å². The number of morpholine rings is 1. The molecule has 0 bridgehead atoms. The zero-order valence-electron chi connectivity index (χ0n) is 16.9. The molecule has 0 amide bonds. The van der Waals surface area contributed by atoms with Crippen molar-refractivity contribution < 1.29 is 21.6 Å². The van der Waals surface area contributed by atoms with Crippen molar-refractivity contribution >= 4 is 37.3 Å². The maximum Gasteiger partial charge on any atom is 0.280 e. The third kappa shape index (κ3) is 3.88. The van der Waals surface area contributed by atoms with E-state index in [1.807, 2.05) is 11.0 Å². The average molecular weight is 454 g/mol. The van der Waals surface area contributed by atoms with Crippen molar-refractivity contribution in [3.05, 3.63) is 30.9 Å². The lowest BCUT2D eigenvalue weighted by molar-refractivity contribution is 0.122. The highest BCUT2D eigenvalue weighted by Crippen LogP contribution is 2.40. The summed E-state index contributed by atoms with van der Waals surface area (Å²) >= 11 is 0. The minimum atomic E-state index is -4.31. The average Bonchev–Trinajstić information content (AvgIpc) is 2.74. The molecule has 3 aliphatic rings. The summed E-state index contributed by atoms with van der Waals surface area (Å²) in [6.45, 7) is 5.91. The van der Waals surface area contributed by atoms with Crippen molar-refractivity contribution in [3.63, 3.8) is 0 Å². The predicted molar refractivity (Wildman–Crippen MR) is 116 cm³/mol. The highest BCUT2D eigenvalue weighted by atomic mass is 32.3. The number of aliphatic imine (C=N–C) groups is 1. The molecule has 2 heterocycles. The van der Waals surface area contributed by atoms with Gasteiger partial charge in [-0.25, -0.2) is 13.4 Å². The predicted octanol–water partition coefficient (Wildman–Crippen LogP) is 2.65. The molecule has 1 aromatic carbocycles. The van der Waals surface area contributed by atoms with Gasteiger partial charge in [0.05, 0.1) is 24.7 Å². The number of sulfonamides is 2. The van der Waals surface area contributed by atoms with Crippen LogP contribution in [0.25, 0.3) is 0 Å². The van der Waals surface area contributed by atoms with Crippen LogP contribution in [0.2, 0.25) is 0 Å². The number of fused-ring (bicyclic) bond motifs is 1. The molecule has 0 radical (unpaired) electrons. The maximum atomic E-state index is 13.6. The first-order valence-corrected chi connectivity index (χ1v) is 13.3. The van der Waals surface area contributed by atoms with Crippen LogP contribution in [0.3, 0.4) is 0 Å². The molecule has 10 heteroatoms. The molecule has 2 fully saturated rings. The van der Waals surface area contributed by atoms with Crippen LogP contribution in [-0.2, 0) is 24.8 Å². The molecule has 0 atom stereocenters. The molecule has 0 aromatic heterocycles. The monoisotopic (exact) mass is 453 g/mol. The Morgan fingerprint density at radius 1 is 1.17 bits per heavy atom. The van der Waals surface area contributed by atoms with E-state index in [0.717, 1.165) is 37.8 Å². The van der Waals surface area contributed by atoms with Crippen LogP contribution >= 0.6 is 0 Å². The van der Waals surface area contributed by atoms with E-state index in [1.165, 1.54) is 12.1 Å². The Morgan fingerprint density at radius 3 is 2.53 bits per heavy atom. The minimum absolute atomic E-state index is 0.0707. The lowest BCUT2D eigenvalue weighted by Gasteiger charge is -2.35. The van der Waals surface area contributed by atoms with E-state index in [-0.39, 0.29) is 16.6 Å². The smallest absolute Gasteiger partial charge is 0.280 e. The number of amidine groups is 1. The summed E-state index contributed by atoms with van der Waals surface area (Å²) in [7, 11) is -8.47. The van der Waals surface area contributed by atoms with Crippen LogP contribution in [0.15, 0.2) is 40.7 Å². The van der Waals surface area contributed by atoms with E-state index >= 15 is 0 Å². The van der Waals surface area contributed by atoms with Crippen molar-refractivity contribution in [2.75, 3.05) is 37.0 Å². The summed E-state index contributed by atoms with van der Waals surface area (Å²) in [6, 6.07) is 5.06. The van der Waals surface area contributed by atoms with Crippen LogP contribution < -0.4 is 4.90 Å². The molecule has 164 valence electrons. The van der Waals surface area contributed by atoms with Gasteiger partial charge in [-0.05, 0) is 31.0 Å². The molecule has 1 saturated heterocycles. The van der Waals surface area contributed by atoms with Gasteiger partial charge < -0.3 is 9.64 Å². The van der Waals surface area contributed by atoms with Crippen molar-refractivity contribution in [2.45, 2.75) is 37.0 Å². The second-order valence-electron chi connectivity index (χ2n) is 7.83. The van der Waals surface area contributed by atoms with Crippen molar-refractivity contribution in [1.29, 1.82) is 0 Å². The van der Waals surface area contributed by atoms with E-state index in [1.54, 1.807) is 6.07 Å². The summed E-state index contributed by atoms with van der Waals surface area (Å²) < 4.78 is 59.2. The van der Waals surface area contributed by atoms with Crippen molar-refractivity contribution in [1.82, 2.24) is 3.71 Å². The van der Waals surface area contributed by atoms with Gasteiger partial charge in [-0.1, -0.05) is 25.3 Å². The topological polar surface area (TPSA) is 96.3 Å². The Balaban J connectivity index is 1.84. The number of benzene rings is 1. The fourth-order valence-electron chi connectivity index (χ4n) is 4.31. The quantitative estimate of drug-likeness (QED) is 0.636. The number of ether oxygens (including phenoxy) is 1. The molecular formula is C20H27N3O5S2. The second kappa shape index (κ2) is 8.32. The molecule has 0 unspecified atom stereocenters. The fourth-order valence-corrected chi connectivity index (χ4v) is 8.10. The summed E-state index contributed by atoms with van der Waals surface area (Å²) in [6.07, 6.45) is 5.60. The largest absolute Gasteiger partial charge is 0.378 e. The van der Waals surface area contributed by atoms with Crippen molar-refractivity contribution in [3.8, 4) is 0 Å². The van der Waals surface area contributed by atoms with Crippen molar-refractivity contribution in [2.24, 2.45) is 10.9 Å². The zero-order chi connectivity index (χ0) is 21.4. The molecule has 0 spiro atoms. The second-order valence-corrected chi connectivity index (χ2v) is 11.7. The van der Waals surface area contributed by atoms with Crippen LogP contribution in [0.5, 0.6) is 0 Å². The Labute approximate surface area is 178 Å². The molecule has 2 aliphatic heterocycles. The van der Waals surface area contributed by atoms with Gasteiger partial charge in [-0.2, -0.15) is 8.42 Å². The first-order valence-electron chi connectivity index (χ1n) is 10.3. The summed E-state index contributed by atoms with van der Waals surface area (Å²) in [4.78, 5) is 6.55. The summed E-state index contributed by atoms with van der Waals surface area (Å²) in [5.41, 5.74) is 1.02. The molecule has 8 nitrogen and oxygen atoms in total. The first kappa shape index (κ1) is 21.3. The molecule has 4 rings (SSSR count). The van der Waals surface area contributed by atoms with E-state index in [2.05, 4.69) is 11.6 Å². The van der Waals surface area contributed by atoms with Gasteiger partial charge in [0, 0.05) is 24.7 Å². The number of anilines is 1. The van der Waals surface area contributed by atoms with Crippen LogP contribution in [0.1, 0.15) is 32.1 Å². The molecule has 1 aliphatic carbocycles. The van der Waals surface area contributed by atoms with Crippen LogP contribution in [0, 0.1) is 5.92 Å². The molecule has 30 heavy (non-hydrogen) atoms. The van der Waals surface area contributed by atoms with E-state index in [4.69, 9.17) is 4.74 Å². The third-order valence-corrected chi connectivity index (χ3v) is 9.92. The number of hydrogen-bond acceptors (Lipinski definition) is 7. The normalized spacial score (nSPS) is 22.3. The van der Waals surface area contributed by atoms with E-state index < -0.39 is 25.8 Å². The zero-order valence-corrected chi connectivity index (χ0v) is 18.5. The Bertz CT molecular complexity index is 1050. The Morgan fingerprint density at radius 2 is 1.87 bits per heavy atom. The van der Waals surface area contributed by atoms with Gasteiger partial charge in [-0.15, -0.1) is 10.3 Å². The molecule has 1 aromatic rings. The van der Waals surface area contributed by atoms with Gasteiger partial charge in [0.1, 0.15) is 10.7 Å². The van der Waals surface area contributed by atoms with Crippen LogP contribution in [-0.4, -0.2) is 58.4 Å². The van der Waals surface area contributed by atoms with Gasteiger partial charge in [-0.3, -0.25) is 0 Å². The lowest BCUT2D eigenvalue weighted by atomic mass is 9.88. The molecule has 1 saturated carbocycles. The standard InChI is InChI=1S/C20H27N3O5S2/c1-2-14-29(24,25)23-20(16-6-4-3-5-7-16)21-18-9-8-17(15-19(18)30(23,26)27)22-10-12-28-13-11-22/h2,8-9,15-16H,1,3-7,10-14H2. The van der Waals surface area contributed by atoms with Gasteiger partial charge in [0.15, 0.2) is 0 Å². The Kier molecular flexibility index (Phi) is 5.91. The Hall–Kier alpha value is -1.91. The number of rotatable bonds is 5. The van der Waals surface area contributed by atoms with Gasteiger partial charge >= 0.3 is 0 Å². The maximum absolute atomic E-state index is 13.6. The molecular weight excluding hydrogens is 426 g/mol. The highest BCUT2D eigenvalue weighted by Gasteiger charge is 2.44. The summed E-state index contributed by atoms with van der Waals surface area (Å²) in [5, 5.41) is 0. The SMILES string of the molecule is C=CCS(=O)(=O)N1C(C2CCCCC2)=Nc2ccc(N3CCOCC3)cc2S1(=O)=O. The third-order valence-electron chi connectivity index (χ3n) is 5.79. The van der Waals surface area contributed by atoms with E-state index in [0.29, 0.717) is 35.7 Å².